The summed E-state index contributed by atoms with van der Waals surface area (Å²) in [5, 5.41) is 3.86. The summed E-state index contributed by atoms with van der Waals surface area (Å²) in [6, 6.07) is 0. The maximum Gasteiger partial charge on any atom is 0.222 e. The molecule has 1 saturated heterocycles. The molecule has 146 valence electrons. The lowest BCUT2D eigenvalue weighted by molar-refractivity contribution is 0.0566. The average Bonchev–Trinajstić information content (AvgIpc) is 2.64. The zero-order valence-corrected chi connectivity index (χ0v) is 16.6. The second kappa shape index (κ2) is 9.03. The normalized spacial score (nSPS) is 20.8. The van der Waals surface area contributed by atoms with Crippen molar-refractivity contribution in [2.75, 3.05) is 24.3 Å². The smallest absolute Gasteiger partial charge is 0.222 e. The fraction of sp³-hybridized carbons (Fsp3) is 0.810. The van der Waals surface area contributed by atoms with Gasteiger partial charge in [-0.1, -0.05) is 51.9 Å². The predicted molar refractivity (Wildman–Crippen MR) is 107 cm³/mol. The topological polar surface area (TPSA) is 73.1 Å². The number of hydrogen-bond acceptors (Lipinski definition) is 5. The summed E-state index contributed by atoms with van der Waals surface area (Å²) in [6.45, 7) is 6.00. The summed E-state index contributed by atoms with van der Waals surface area (Å²) in [6.07, 6.45) is 13.5. The number of ether oxygens (including phenoxy) is 1. The largest absolute Gasteiger partial charge is 0.381 e. The molecule has 0 aromatic carbocycles. The van der Waals surface area contributed by atoms with E-state index in [0.717, 1.165) is 49.9 Å². The number of hydrogen-bond donors (Lipinski definition) is 2. The summed E-state index contributed by atoms with van der Waals surface area (Å²) >= 11 is 0. The Kier molecular flexibility index (Phi) is 6.74. The number of aryl methyl sites for hydroxylation is 1. The van der Waals surface area contributed by atoms with Crippen LogP contribution < -0.4 is 11.1 Å². The standard InChI is InChI=1S/C21H36N4O/c1-3-4-10-21(11-13-26-14-12-21)25-19-18(16(2)23-20(22)24-19)15-17-8-6-5-7-9-17/h17H,3-15H2,1-2H3,(H3,22,23,24,25). The lowest BCUT2D eigenvalue weighted by Gasteiger charge is -2.39. The van der Waals surface area contributed by atoms with Crippen LogP contribution in [-0.2, 0) is 11.2 Å². The molecule has 0 amide bonds. The van der Waals surface area contributed by atoms with Crippen LogP contribution in [0.4, 0.5) is 11.8 Å². The van der Waals surface area contributed by atoms with Crippen molar-refractivity contribution in [3.05, 3.63) is 11.3 Å². The van der Waals surface area contributed by atoms with Gasteiger partial charge in [0.15, 0.2) is 0 Å². The van der Waals surface area contributed by atoms with Crippen LogP contribution in [0.15, 0.2) is 0 Å². The molecular weight excluding hydrogens is 324 g/mol. The number of unbranched alkanes of at least 4 members (excludes halogenated alkanes) is 1. The van der Waals surface area contributed by atoms with E-state index in [1.54, 1.807) is 0 Å². The van der Waals surface area contributed by atoms with E-state index in [2.05, 4.69) is 29.1 Å². The van der Waals surface area contributed by atoms with E-state index in [4.69, 9.17) is 10.5 Å². The first-order valence-electron chi connectivity index (χ1n) is 10.6. The fourth-order valence-electron chi connectivity index (χ4n) is 4.61. The first-order chi connectivity index (χ1) is 12.6. The molecule has 26 heavy (non-hydrogen) atoms. The molecule has 5 nitrogen and oxygen atoms in total. The van der Waals surface area contributed by atoms with Crippen LogP contribution in [-0.4, -0.2) is 28.7 Å². The molecule has 2 aliphatic rings. The quantitative estimate of drug-likeness (QED) is 0.741. The molecule has 0 unspecified atom stereocenters. The molecule has 2 fully saturated rings. The molecule has 0 radical (unpaired) electrons. The van der Waals surface area contributed by atoms with Gasteiger partial charge in [0.2, 0.25) is 5.95 Å². The van der Waals surface area contributed by atoms with Crippen LogP contribution in [0.2, 0.25) is 0 Å². The molecule has 1 saturated carbocycles. The Morgan fingerprint density at radius 2 is 1.88 bits per heavy atom. The van der Waals surface area contributed by atoms with Crippen molar-refractivity contribution in [1.29, 1.82) is 0 Å². The number of rotatable bonds is 7. The monoisotopic (exact) mass is 360 g/mol. The van der Waals surface area contributed by atoms with E-state index in [9.17, 15) is 0 Å². The second-order valence-corrected chi connectivity index (χ2v) is 8.32. The molecule has 5 heteroatoms. The highest BCUT2D eigenvalue weighted by molar-refractivity contribution is 5.51. The minimum Gasteiger partial charge on any atom is -0.381 e. The van der Waals surface area contributed by atoms with E-state index in [1.807, 2.05) is 0 Å². The molecule has 0 bridgehead atoms. The number of nitrogens with zero attached hydrogens (tertiary/aromatic N) is 2. The van der Waals surface area contributed by atoms with Crippen molar-refractivity contribution in [1.82, 2.24) is 9.97 Å². The number of nitrogens with one attached hydrogen (secondary N) is 1. The highest BCUT2D eigenvalue weighted by Gasteiger charge is 2.33. The first-order valence-corrected chi connectivity index (χ1v) is 10.6. The Morgan fingerprint density at radius 3 is 2.58 bits per heavy atom. The third-order valence-electron chi connectivity index (χ3n) is 6.29. The van der Waals surface area contributed by atoms with E-state index in [-0.39, 0.29) is 5.54 Å². The van der Waals surface area contributed by atoms with E-state index in [0.29, 0.717) is 5.95 Å². The van der Waals surface area contributed by atoms with Gasteiger partial charge in [-0.2, -0.15) is 4.98 Å². The minimum absolute atomic E-state index is 0.0861. The molecule has 3 N–H and O–H groups in total. The third kappa shape index (κ3) is 4.87. The number of aromatic nitrogens is 2. The SMILES string of the molecule is CCCCC1(Nc2nc(N)nc(C)c2CC2CCCCC2)CCOCC1. The number of nitrogen functional groups attached to an aromatic ring is 1. The van der Waals surface area contributed by atoms with Crippen LogP contribution in [0.1, 0.15) is 82.4 Å². The fourth-order valence-corrected chi connectivity index (χ4v) is 4.61. The van der Waals surface area contributed by atoms with Crippen LogP contribution in [0.25, 0.3) is 0 Å². The Labute approximate surface area is 158 Å². The van der Waals surface area contributed by atoms with Crippen LogP contribution in [0.5, 0.6) is 0 Å². The highest BCUT2D eigenvalue weighted by Crippen LogP contribution is 2.35. The zero-order valence-electron chi connectivity index (χ0n) is 16.6. The van der Waals surface area contributed by atoms with Gasteiger partial charge in [-0.25, -0.2) is 4.98 Å². The van der Waals surface area contributed by atoms with Crippen molar-refractivity contribution in [2.45, 2.75) is 90.0 Å². The molecule has 1 aromatic rings. The van der Waals surface area contributed by atoms with E-state index < -0.39 is 0 Å². The molecular formula is C21H36N4O. The predicted octanol–water partition coefficient (Wildman–Crippen LogP) is 4.64. The van der Waals surface area contributed by atoms with Crippen molar-refractivity contribution < 1.29 is 4.74 Å². The van der Waals surface area contributed by atoms with Crippen molar-refractivity contribution in [3.8, 4) is 0 Å². The maximum absolute atomic E-state index is 6.02. The number of nitrogens with two attached hydrogens (primary N) is 1. The van der Waals surface area contributed by atoms with Crippen LogP contribution in [0.3, 0.4) is 0 Å². The molecule has 1 aromatic heterocycles. The Hall–Kier alpha value is -1.36. The molecule has 0 atom stereocenters. The molecule has 2 heterocycles. The number of anilines is 2. The summed E-state index contributed by atoms with van der Waals surface area (Å²) in [4.78, 5) is 9.14. The first kappa shape index (κ1) is 19.4. The van der Waals surface area contributed by atoms with E-state index >= 15 is 0 Å². The van der Waals surface area contributed by atoms with Gasteiger partial charge in [0.05, 0.1) is 0 Å². The van der Waals surface area contributed by atoms with Crippen molar-refractivity contribution in [2.24, 2.45) is 5.92 Å². The van der Waals surface area contributed by atoms with Gasteiger partial charge in [0.1, 0.15) is 5.82 Å². The lowest BCUT2D eigenvalue weighted by Crippen LogP contribution is -2.44. The molecule has 1 aliphatic heterocycles. The summed E-state index contributed by atoms with van der Waals surface area (Å²) in [5.74, 6) is 2.13. The Balaban J connectivity index is 1.84. The molecule has 0 spiro atoms. The van der Waals surface area contributed by atoms with Gasteiger partial charge in [-0.15, -0.1) is 0 Å². The van der Waals surface area contributed by atoms with Crippen LogP contribution in [0, 0.1) is 12.8 Å². The molecule has 1 aliphatic carbocycles. The van der Waals surface area contributed by atoms with Crippen molar-refractivity contribution >= 4 is 11.8 Å². The Morgan fingerprint density at radius 1 is 1.15 bits per heavy atom. The Bertz CT molecular complexity index is 578. The summed E-state index contributed by atoms with van der Waals surface area (Å²) in [5.41, 5.74) is 8.44. The van der Waals surface area contributed by atoms with Gasteiger partial charge in [-0.05, 0) is 38.5 Å². The second-order valence-electron chi connectivity index (χ2n) is 8.32. The van der Waals surface area contributed by atoms with E-state index in [1.165, 1.54) is 56.9 Å². The van der Waals surface area contributed by atoms with Crippen LogP contribution >= 0.6 is 0 Å². The lowest BCUT2D eigenvalue weighted by atomic mass is 9.83. The maximum atomic E-state index is 6.02. The van der Waals surface area contributed by atoms with Gasteiger partial charge in [0.25, 0.3) is 0 Å². The van der Waals surface area contributed by atoms with Gasteiger partial charge < -0.3 is 15.8 Å². The summed E-state index contributed by atoms with van der Waals surface area (Å²) < 4.78 is 5.64. The van der Waals surface area contributed by atoms with Gasteiger partial charge in [0, 0.05) is 30.0 Å². The average molecular weight is 361 g/mol. The zero-order chi connectivity index (χ0) is 18.4. The van der Waals surface area contributed by atoms with Gasteiger partial charge in [-0.3, -0.25) is 0 Å². The highest BCUT2D eigenvalue weighted by atomic mass is 16.5. The summed E-state index contributed by atoms with van der Waals surface area (Å²) in [7, 11) is 0. The molecule has 3 rings (SSSR count). The van der Waals surface area contributed by atoms with Gasteiger partial charge >= 0.3 is 0 Å². The third-order valence-corrected chi connectivity index (χ3v) is 6.29. The minimum atomic E-state index is 0.0861. The van der Waals surface area contributed by atoms with Crippen molar-refractivity contribution in [3.63, 3.8) is 0 Å².